The van der Waals surface area contributed by atoms with E-state index in [-0.39, 0.29) is 5.41 Å². The monoisotopic (exact) mass is 712 g/mol. The Balaban J connectivity index is 1.28. The summed E-state index contributed by atoms with van der Waals surface area (Å²) in [6, 6.07) is 36.8. The van der Waals surface area contributed by atoms with Gasteiger partial charge in [-0.1, -0.05) is 102 Å². The third kappa shape index (κ3) is 6.66. The van der Waals surface area contributed by atoms with Gasteiger partial charge in [-0.05, 0) is 104 Å². The Hall–Kier alpha value is -5.42. The lowest BCUT2D eigenvalue weighted by Gasteiger charge is -2.30. The maximum atomic E-state index is 6.90. The van der Waals surface area contributed by atoms with Gasteiger partial charge in [0.2, 0.25) is 0 Å². The van der Waals surface area contributed by atoms with Crippen LogP contribution in [-0.2, 0) is 11.8 Å². The minimum absolute atomic E-state index is 0.119. The van der Waals surface area contributed by atoms with Gasteiger partial charge < -0.3 is 4.74 Å². The van der Waals surface area contributed by atoms with Crippen LogP contribution in [0.15, 0.2) is 121 Å². The zero-order valence-electron chi connectivity index (χ0n) is 33.0. The smallest absolute Gasteiger partial charge is 0.137 e. The van der Waals surface area contributed by atoms with Crippen LogP contribution in [-0.4, -0.2) is 19.3 Å². The minimum atomic E-state index is -0.119. The zero-order chi connectivity index (χ0) is 37.7. The highest BCUT2D eigenvalue weighted by molar-refractivity contribution is 6.09. The summed E-state index contributed by atoms with van der Waals surface area (Å²) in [5, 5.41) is 7.70. The molecule has 0 amide bonds. The van der Waals surface area contributed by atoms with Gasteiger partial charge in [0.25, 0.3) is 0 Å². The molecule has 0 saturated carbocycles. The van der Waals surface area contributed by atoms with E-state index in [4.69, 9.17) is 14.8 Å². The summed E-state index contributed by atoms with van der Waals surface area (Å²) in [5.74, 6) is 3.90. The summed E-state index contributed by atoms with van der Waals surface area (Å²) in [5.41, 5.74) is 11.7. The van der Waals surface area contributed by atoms with Crippen molar-refractivity contribution in [2.75, 3.05) is 0 Å². The van der Waals surface area contributed by atoms with Gasteiger partial charge in [0.1, 0.15) is 17.3 Å². The molecule has 7 aromatic rings. The van der Waals surface area contributed by atoms with Crippen molar-refractivity contribution in [1.29, 1.82) is 0 Å². The van der Waals surface area contributed by atoms with Crippen LogP contribution >= 0.6 is 0 Å². The second-order valence-electron chi connectivity index (χ2n) is 16.8. The van der Waals surface area contributed by atoms with Crippen LogP contribution in [0.2, 0.25) is 0 Å². The Morgan fingerprint density at radius 2 is 1.57 bits per heavy atom. The average molecular weight is 713 g/mol. The molecule has 0 spiro atoms. The minimum Gasteiger partial charge on any atom is -0.457 e. The van der Waals surface area contributed by atoms with Gasteiger partial charge in [0.05, 0.1) is 28.1 Å². The topological polar surface area (TPSA) is 44.9 Å². The Labute approximate surface area is 320 Å². The lowest BCUT2D eigenvalue weighted by Crippen LogP contribution is -2.16. The number of para-hydroxylation sites is 1. The molecule has 5 nitrogen and oxygen atoms in total. The summed E-state index contributed by atoms with van der Waals surface area (Å²) >= 11 is 0. The third-order valence-corrected chi connectivity index (χ3v) is 11.2. The molecule has 1 aliphatic carbocycles. The van der Waals surface area contributed by atoms with E-state index in [1.165, 1.54) is 45.0 Å². The van der Waals surface area contributed by atoms with E-state index in [1.54, 1.807) is 0 Å². The quantitative estimate of drug-likeness (QED) is 0.147. The molecule has 1 aliphatic rings. The average Bonchev–Trinajstić information content (AvgIpc) is 3.65. The Bertz CT molecular complexity index is 2510. The maximum absolute atomic E-state index is 6.90. The summed E-state index contributed by atoms with van der Waals surface area (Å²) in [6.07, 6.45) is 7.69. The van der Waals surface area contributed by atoms with E-state index in [2.05, 4.69) is 174 Å². The standard InChI is InChI=1S/C49H52N4O/c1-31(2)25-35-23-24-50-45(26-35)52-43-20-13-12-19-41(43)42-22-21-39(30-44(42)52)54-40-28-37(49(6,7)8)27-38(29-40)53-48(36-17-10-9-11-18-36)47(34(5)51-53)46-32(3)15-14-16-33(46)4/h9-13,15,17-24,26-31,33,46H,14,16,25H2,1-8H3/t33-,46?/m0/s1. The number of aryl methyl sites for hydroxylation is 1. The van der Waals surface area contributed by atoms with Gasteiger partial charge in [-0.3, -0.25) is 4.57 Å². The molecule has 1 unspecified atom stereocenters. The first-order valence-corrected chi connectivity index (χ1v) is 19.6. The molecule has 5 heteroatoms. The van der Waals surface area contributed by atoms with E-state index in [1.807, 2.05) is 6.20 Å². The predicted molar refractivity (Wildman–Crippen MR) is 225 cm³/mol. The number of allylic oxidation sites excluding steroid dienone is 2. The number of fused-ring (bicyclic) bond motifs is 3. The van der Waals surface area contributed by atoms with Crippen molar-refractivity contribution in [2.24, 2.45) is 11.8 Å². The highest BCUT2D eigenvalue weighted by Crippen LogP contribution is 2.45. The molecule has 0 radical (unpaired) electrons. The number of hydrogen-bond acceptors (Lipinski definition) is 3. The molecular formula is C49H52N4O. The van der Waals surface area contributed by atoms with Gasteiger partial charge >= 0.3 is 0 Å². The number of hydrogen-bond donors (Lipinski definition) is 0. The first kappa shape index (κ1) is 35.6. The first-order chi connectivity index (χ1) is 26.0. The number of pyridine rings is 1. The number of rotatable bonds is 8. The highest BCUT2D eigenvalue weighted by Gasteiger charge is 2.32. The van der Waals surface area contributed by atoms with Gasteiger partial charge in [-0.15, -0.1) is 0 Å². The van der Waals surface area contributed by atoms with E-state index < -0.39 is 0 Å². The fourth-order valence-electron chi connectivity index (χ4n) is 8.58. The second-order valence-corrected chi connectivity index (χ2v) is 16.8. The molecule has 2 atom stereocenters. The maximum Gasteiger partial charge on any atom is 0.137 e. The molecule has 4 aromatic carbocycles. The first-order valence-electron chi connectivity index (χ1n) is 19.6. The molecule has 3 aromatic heterocycles. The van der Waals surface area contributed by atoms with E-state index in [0.29, 0.717) is 17.8 Å². The van der Waals surface area contributed by atoms with Crippen LogP contribution in [0.3, 0.4) is 0 Å². The molecule has 274 valence electrons. The van der Waals surface area contributed by atoms with Crippen molar-refractivity contribution in [3.63, 3.8) is 0 Å². The van der Waals surface area contributed by atoms with E-state index >= 15 is 0 Å². The predicted octanol–water partition coefficient (Wildman–Crippen LogP) is 13.1. The van der Waals surface area contributed by atoms with E-state index in [0.717, 1.165) is 58.3 Å². The molecular weight excluding hydrogens is 661 g/mol. The van der Waals surface area contributed by atoms with Crippen LogP contribution in [0.25, 0.3) is 44.6 Å². The van der Waals surface area contributed by atoms with Crippen LogP contribution in [0.4, 0.5) is 0 Å². The lowest BCUT2D eigenvalue weighted by atomic mass is 9.74. The normalized spacial score (nSPS) is 16.4. The zero-order valence-corrected chi connectivity index (χ0v) is 33.0. The summed E-state index contributed by atoms with van der Waals surface area (Å²) < 4.78 is 11.3. The molecule has 3 heterocycles. The fourth-order valence-corrected chi connectivity index (χ4v) is 8.58. The molecule has 8 rings (SSSR count). The van der Waals surface area contributed by atoms with Crippen molar-refractivity contribution in [1.82, 2.24) is 19.3 Å². The molecule has 0 bridgehead atoms. The van der Waals surface area contributed by atoms with E-state index in [9.17, 15) is 0 Å². The van der Waals surface area contributed by atoms with Gasteiger partial charge in [-0.25, -0.2) is 9.67 Å². The number of benzene rings is 4. The van der Waals surface area contributed by atoms with Gasteiger partial charge in [0.15, 0.2) is 0 Å². The lowest BCUT2D eigenvalue weighted by molar-refractivity contribution is 0.449. The van der Waals surface area contributed by atoms with Gasteiger partial charge in [0, 0.05) is 46.1 Å². The van der Waals surface area contributed by atoms with Crippen LogP contribution in [0, 0.1) is 18.8 Å². The molecule has 0 aliphatic heterocycles. The Kier molecular flexibility index (Phi) is 9.29. The molecule has 0 N–H and O–H groups in total. The van der Waals surface area contributed by atoms with Crippen LogP contribution in [0.1, 0.15) is 89.6 Å². The van der Waals surface area contributed by atoms with Crippen molar-refractivity contribution in [2.45, 2.75) is 86.0 Å². The Morgan fingerprint density at radius 1 is 0.815 bits per heavy atom. The van der Waals surface area contributed by atoms with Crippen LogP contribution < -0.4 is 4.74 Å². The van der Waals surface area contributed by atoms with Crippen molar-refractivity contribution in [3.8, 4) is 34.3 Å². The second kappa shape index (κ2) is 14.1. The van der Waals surface area contributed by atoms with Crippen molar-refractivity contribution in [3.05, 3.63) is 143 Å². The number of aromatic nitrogens is 4. The van der Waals surface area contributed by atoms with Crippen LogP contribution in [0.5, 0.6) is 11.5 Å². The molecule has 0 fully saturated rings. The molecule has 0 saturated heterocycles. The van der Waals surface area contributed by atoms with Gasteiger partial charge in [-0.2, -0.15) is 5.10 Å². The summed E-state index contributed by atoms with van der Waals surface area (Å²) in [4.78, 5) is 4.88. The number of ether oxygens (including phenoxy) is 1. The molecule has 54 heavy (non-hydrogen) atoms. The summed E-state index contributed by atoms with van der Waals surface area (Å²) in [6.45, 7) is 18.2. The third-order valence-electron chi connectivity index (χ3n) is 11.2. The fraction of sp³-hybridized carbons (Fsp3) is 0.306. The largest absolute Gasteiger partial charge is 0.457 e. The SMILES string of the molecule is CC1=CCC[C@H](C)C1c1c(C)nn(-c2cc(Oc3ccc4c5ccccc5n(-c5cc(CC(C)C)ccn5)c4c3)cc(C(C)(C)C)c2)c1-c1ccccc1. The highest BCUT2D eigenvalue weighted by atomic mass is 16.5. The number of nitrogens with zero attached hydrogens (tertiary/aromatic N) is 4. The van der Waals surface area contributed by atoms with Crippen molar-refractivity contribution >= 4 is 21.8 Å². The van der Waals surface area contributed by atoms with Crippen molar-refractivity contribution < 1.29 is 4.74 Å². The Morgan fingerprint density at radius 3 is 2.33 bits per heavy atom. The summed E-state index contributed by atoms with van der Waals surface area (Å²) in [7, 11) is 0.